The van der Waals surface area contributed by atoms with Crippen LogP contribution in [0.15, 0.2) is 36.4 Å². The molecule has 0 aliphatic carbocycles. The van der Waals surface area contributed by atoms with Gasteiger partial charge in [0.25, 0.3) is 0 Å². The van der Waals surface area contributed by atoms with E-state index in [9.17, 15) is 9.90 Å². The first kappa shape index (κ1) is 17.0. The Morgan fingerprint density at radius 3 is 2.60 bits per heavy atom. The molecule has 3 rings (SSSR count). The van der Waals surface area contributed by atoms with Gasteiger partial charge in [0.05, 0.1) is 20.1 Å². The van der Waals surface area contributed by atoms with E-state index in [0.29, 0.717) is 17.2 Å². The molecule has 0 amide bonds. The average molecular weight is 344 g/mol. The fourth-order valence-corrected chi connectivity index (χ4v) is 3.04. The number of phenols is 1. The molecular formula is C19H20O6. The lowest BCUT2D eigenvalue weighted by Crippen LogP contribution is -2.17. The van der Waals surface area contributed by atoms with Gasteiger partial charge < -0.3 is 24.1 Å². The summed E-state index contributed by atoms with van der Waals surface area (Å²) in [7, 11) is 3.07. The topological polar surface area (TPSA) is 74.2 Å². The van der Waals surface area contributed by atoms with Crippen LogP contribution in [0.5, 0.6) is 23.0 Å². The smallest absolute Gasteiger partial charge is 0.302 e. The Kier molecular flexibility index (Phi) is 4.70. The number of methoxy groups -OCH3 is 2. The maximum atomic E-state index is 11.3. The van der Waals surface area contributed by atoms with E-state index in [1.165, 1.54) is 14.0 Å². The number of rotatable bonds is 5. The van der Waals surface area contributed by atoms with Crippen LogP contribution in [-0.4, -0.2) is 31.9 Å². The van der Waals surface area contributed by atoms with E-state index in [4.69, 9.17) is 18.9 Å². The number of hydrogen-bond acceptors (Lipinski definition) is 6. The van der Waals surface area contributed by atoms with E-state index in [1.807, 2.05) is 18.2 Å². The number of fused-ring (bicyclic) bond motifs is 1. The van der Waals surface area contributed by atoms with Crippen LogP contribution in [-0.2, 0) is 9.53 Å². The van der Waals surface area contributed by atoms with Crippen LogP contribution in [0, 0.1) is 0 Å². The summed E-state index contributed by atoms with van der Waals surface area (Å²) in [5.41, 5.74) is 1.72. The highest BCUT2D eigenvalue weighted by molar-refractivity contribution is 5.66. The first-order valence-electron chi connectivity index (χ1n) is 7.89. The van der Waals surface area contributed by atoms with Crippen LogP contribution in [0.3, 0.4) is 0 Å². The highest BCUT2D eigenvalue weighted by atomic mass is 16.5. The van der Waals surface area contributed by atoms with E-state index in [-0.39, 0.29) is 30.3 Å². The molecular weight excluding hydrogens is 324 g/mol. The maximum Gasteiger partial charge on any atom is 0.302 e. The molecule has 1 aliphatic rings. The molecule has 6 nitrogen and oxygen atoms in total. The Morgan fingerprint density at radius 2 is 1.92 bits per heavy atom. The third kappa shape index (κ3) is 3.20. The quantitative estimate of drug-likeness (QED) is 0.840. The summed E-state index contributed by atoms with van der Waals surface area (Å²) in [6.45, 7) is 1.56. The number of para-hydroxylation sites is 1. The molecule has 2 aromatic rings. The second kappa shape index (κ2) is 6.93. The van der Waals surface area contributed by atoms with Crippen molar-refractivity contribution in [3.05, 3.63) is 47.5 Å². The van der Waals surface area contributed by atoms with E-state index < -0.39 is 0 Å². The summed E-state index contributed by atoms with van der Waals surface area (Å²) < 4.78 is 22.0. The molecule has 0 unspecified atom stereocenters. The number of phenolic OH excluding ortho intramolecular Hbond substituents is 1. The van der Waals surface area contributed by atoms with Crippen LogP contribution in [0.2, 0.25) is 0 Å². The van der Waals surface area contributed by atoms with Crippen molar-refractivity contribution in [1.82, 2.24) is 0 Å². The highest BCUT2D eigenvalue weighted by Gasteiger charge is 2.38. The van der Waals surface area contributed by atoms with Crippen molar-refractivity contribution in [1.29, 1.82) is 0 Å². The molecule has 0 radical (unpaired) electrons. The predicted octanol–water partition coefficient (Wildman–Crippen LogP) is 3.19. The number of hydrogen-bond donors (Lipinski definition) is 1. The zero-order valence-corrected chi connectivity index (χ0v) is 14.3. The van der Waals surface area contributed by atoms with Crippen molar-refractivity contribution < 1.29 is 28.8 Å². The first-order valence-corrected chi connectivity index (χ1v) is 7.89. The third-order valence-electron chi connectivity index (χ3n) is 4.24. The number of carbonyl (C=O) groups excluding carboxylic acids is 1. The van der Waals surface area contributed by atoms with Gasteiger partial charge in [0.2, 0.25) is 0 Å². The summed E-state index contributed by atoms with van der Waals surface area (Å²) in [6.07, 6.45) is -0.389. The van der Waals surface area contributed by atoms with E-state index in [0.717, 1.165) is 11.1 Å². The standard InChI is InChI=1S/C19H20O6/c1-11(20)24-10-14-13-5-4-6-16(22-2)19(13)25-18(14)12-7-8-15(21)17(9-12)23-3/h4-9,14,18,21H,10H2,1-3H3/t14-,18+/m0/s1. The molecule has 6 heteroatoms. The van der Waals surface area contributed by atoms with Gasteiger partial charge in [0.15, 0.2) is 23.0 Å². The van der Waals surface area contributed by atoms with Gasteiger partial charge in [0, 0.05) is 12.5 Å². The van der Waals surface area contributed by atoms with Gasteiger partial charge in [-0.05, 0) is 23.8 Å². The monoisotopic (exact) mass is 344 g/mol. The Bertz CT molecular complexity index is 785. The molecule has 2 aromatic carbocycles. The molecule has 25 heavy (non-hydrogen) atoms. The minimum atomic E-state index is -0.389. The van der Waals surface area contributed by atoms with Crippen molar-refractivity contribution >= 4 is 5.97 Å². The van der Waals surface area contributed by atoms with Crippen molar-refractivity contribution in [3.63, 3.8) is 0 Å². The van der Waals surface area contributed by atoms with Gasteiger partial charge in [-0.3, -0.25) is 4.79 Å². The van der Waals surface area contributed by atoms with Gasteiger partial charge >= 0.3 is 5.97 Å². The number of carbonyl (C=O) groups is 1. The largest absolute Gasteiger partial charge is 0.504 e. The Balaban J connectivity index is 2.01. The zero-order valence-electron chi connectivity index (χ0n) is 14.3. The Hall–Kier alpha value is -2.89. The first-order chi connectivity index (χ1) is 12.0. The number of ether oxygens (including phenoxy) is 4. The molecule has 0 bridgehead atoms. The average Bonchev–Trinajstić information content (AvgIpc) is 2.98. The molecule has 1 heterocycles. The fourth-order valence-electron chi connectivity index (χ4n) is 3.04. The summed E-state index contributed by atoms with van der Waals surface area (Å²) in [6, 6.07) is 10.7. The van der Waals surface area contributed by atoms with Gasteiger partial charge in [-0.15, -0.1) is 0 Å². The van der Waals surface area contributed by atoms with Crippen LogP contribution >= 0.6 is 0 Å². The van der Waals surface area contributed by atoms with Crippen LogP contribution < -0.4 is 14.2 Å². The van der Waals surface area contributed by atoms with Crippen molar-refractivity contribution in [2.45, 2.75) is 18.9 Å². The van der Waals surface area contributed by atoms with Gasteiger partial charge in [-0.1, -0.05) is 18.2 Å². The summed E-state index contributed by atoms with van der Waals surface area (Å²) in [5, 5.41) is 9.82. The minimum Gasteiger partial charge on any atom is -0.504 e. The normalized spacial score (nSPS) is 18.2. The van der Waals surface area contributed by atoms with Crippen LogP contribution in [0.25, 0.3) is 0 Å². The van der Waals surface area contributed by atoms with Crippen molar-refractivity contribution in [2.24, 2.45) is 0 Å². The fraction of sp³-hybridized carbons (Fsp3) is 0.316. The number of esters is 1. The molecule has 1 N–H and O–H groups in total. The number of aromatic hydroxyl groups is 1. The third-order valence-corrected chi connectivity index (χ3v) is 4.24. The molecule has 0 saturated carbocycles. The van der Waals surface area contributed by atoms with E-state index in [1.54, 1.807) is 25.3 Å². The molecule has 0 saturated heterocycles. The molecule has 0 fully saturated rings. The maximum absolute atomic E-state index is 11.3. The Morgan fingerprint density at radius 1 is 1.16 bits per heavy atom. The summed E-state index contributed by atoms with van der Waals surface area (Å²) in [5.74, 6) is 1.13. The van der Waals surface area contributed by atoms with E-state index in [2.05, 4.69) is 0 Å². The van der Waals surface area contributed by atoms with Gasteiger partial charge in [-0.2, -0.15) is 0 Å². The summed E-state index contributed by atoms with van der Waals surface area (Å²) >= 11 is 0. The van der Waals surface area contributed by atoms with E-state index >= 15 is 0 Å². The lowest BCUT2D eigenvalue weighted by molar-refractivity contribution is -0.141. The zero-order chi connectivity index (χ0) is 18.0. The molecule has 0 spiro atoms. The highest BCUT2D eigenvalue weighted by Crippen LogP contribution is 2.51. The molecule has 2 atom stereocenters. The molecule has 1 aliphatic heterocycles. The SMILES string of the molecule is COc1cc([C@H]2Oc3c(OC)cccc3[C@@H]2COC(C)=O)ccc1O. The van der Waals surface area contributed by atoms with Gasteiger partial charge in [-0.25, -0.2) is 0 Å². The lowest BCUT2D eigenvalue weighted by atomic mass is 9.91. The van der Waals surface area contributed by atoms with Crippen LogP contribution in [0.1, 0.15) is 30.1 Å². The second-order valence-corrected chi connectivity index (χ2v) is 5.76. The number of benzene rings is 2. The summed E-state index contributed by atoms with van der Waals surface area (Å²) in [4.78, 5) is 11.3. The van der Waals surface area contributed by atoms with Crippen molar-refractivity contribution in [2.75, 3.05) is 20.8 Å². The van der Waals surface area contributed by atoms with Crippen LogP contribution in [0.4, 0.5) is 0 Å². The second-order valence-electron chi connectivity index (χ2n) is 5.76. The van der Waals surface area contributed by atoms with Gasteiger partial charge in [0.1, 0.15) is 12.7 Å². The van der Waals surface area contributed by atoms with Crippen molar-refractivity contribution in [3.8, 4) is 23.0 Å². The molecule has 132 valence electrons. The lowest BCUT2D eigenvalue weighted by Gasteiger charge is -2.20. The predicted molar refractivity (Wildman–Crippen MR) is 90.4 cm³/mol. The Labute approximate surface area is 145 Å². The molecule has 0 aromatic heterocycles. The minimum absolute atomic E-state index is 0.0517.